The predicted molar refractivity (Wildman–Crippen MR) is 107 cm³/mol. The Hall–Kier alpha value is -2.53. The fraction of sp³-hybridized carbons (Fsp3) is 0.333. The molecule has 0 saturated carbocycles. The highest BCUT2D eigenvalue weighted by Crippen LogP contribution is 2.23. The number of nitrogens with one attached hydrogen (secondary N) is 1. The van der Waals surface area contributed by atoms with Crippen LogP contribution in [0.1, 0.15) is 37.9 Å². The Balaban J connectivity index is 2.12. The highest BCUT2D eigenvalue weighted by Gasteiger charge is 2.23. The van der Waals surface area contributed by atoms with E-state index in [0.717, 1.165) is 11.1 Å². The zero-order chi connectivity index (χ0) is 20.0. The van der Waals surface area contributed by atoms with E-state index < -0.39 is 11.7 Å². The lowest BCUT2D eigenvalue weighted by molar-refractivity contribution is -0.122. The summed E-state index contributed by atoms with van der Waals surface area (Å²) in [7, 11) is 1.54. The van der Waals surface area contributed by atoms with Crippen molar-refractivity contribution in [2.45, 2.75) is 32.4 Å². The number of rotatable bonds is 5. The number of halogens is 1. The zero-order valence-corrected chi connectivity index (χ0v) is 16.8. The number of amides is 2. The lowest BCUT2D eigenvalue weighted by atomic mass is 9.98. The highest BCUT2D eigenvalue weighted by atomic mass is 35.5. The van der Waals surface area contributed by atoms with Crippen molar-refractivity contribution in [2.75, 3.05) is 13.6 Å². The zero-order valence-electron chi connectivity index (χ0n) is 16.0. The number of ether oxygens (including phenoxy) is 1. The van der Waals surface area contributed by atoms with Crippen molar-refractivity contribution in [1.29, 1.82) is 0 Å². The van der Waals surface area contributed by atoms with Gasteiger partial charge in [-0.1, -0.05) is 54.1 Å². The van der Waals surface area contributed by atoms with Crippen LogP contribution in [0, 0.1) is 0 Å². The van der Waals surface area contributed by atoms with Gasteiger partial charge in [0.05, 0.1) is 6.04 Å². The molecule has 27 heavy (non-hydrogen) atoms. The van der Waals surface area contributed by atoms with Crippen LogP contribution >= 0.6 is 11.6 Å². The third-order valence-corrected chi connectivity index (χ3v) is 3.98. The first kappa shape index (κ1) is 20.8. The first-order chi connectivity index (χ1) is 12.7. The van der Waals surface area contributed by atoms with Gasteiger partial charge in [0, 0.05) is 12.1 Å². The van der Waals surface area contributed by atoms with Gasteiger partial charge >= 0.3 is 6.09 Å². The molecule has 0 spiro atoms. The van der Waals surface area contributed by atoms with E-state index in [0.29, 0.717) is 5.02 Å². The third-order valence-electron chi connectivity index (χ3n) is 3.73. The van der Waals surface area contributed by atoms with Gasteiger partial charge in [0.1, 0.15) is 12.1 Å². The second-order valence-electron chi connectivity index (χ2n) is 7.30. The summed E-state index contributed by atoms with van der Waals surface area (Å²) in [5.41, 5.74) is 1.23. The Bertz CT molecular complexity index is 770. The van der Waals surface area contributed by atoms with Gasteiger partial charge in [-0.05, 0) is 44.0 Å². The summed E-state index contributed by atoms with van der Waals surface area (Å²) in [5.74, 6) is -0.285. The van der Waals surface area contributed by atoms with Crippen LogP contribution in [0.3, 0.4) is 0 Å². The Morgan fingerprint density at radius 1 is 1.04 bits per heavy atom. The van der Waals surface area contributed by atoms with Crippen molar-refractivity contribution in [3.63, 3.8) is 0 Å². The first-order valence-corrected chi connectivity index (χ1v) is 9.07. The molecule has 1 unspecified atom stereocenters. The minimum Gasteiger partial charge on any atom is -0.444 e. The van der Waals surface area contributed by atoms with E-state index in [1.807, 2.05) is 42.5 Å². The third kappa shape index (κ3) is 6.61. The largest absolute Gasteiger partial charge is 0.444 e. The summed E-state index contributed by atoms with van der Waals surface area (Å²) >= 11 is 5.98. The number of hydrogen-bond acceptors (Lipinski definition) is 3. The van der Waals surface area contributed by atoms with E-state index in [4.69, 9.17) is 16.3 Å². The van der Waals surface area contributed by atoms with Crippen molar-refractivity contribution in [2.24, 2.45) is 0 Å². The average Bonchev–Trinajstić information content (AvgIpc) is 2.60. The molecule has 0 radical (unpaired) electrons. The number of hydrogen-bond donors (Lipinski definition) is 1. The second kappa shape index (κ2) is 8.91. The Labute approximate surface area is 165 Å². The first-order valence-electron chi connectivity index (χ1n) is 8.69. The molecule has 144 valence electrons. The summed E-state index contributed by atoms with van der Waals surface area (Å²) in [6.45, 7) is 5.24. The Morgan fingerprint density at radius 2 is 1.59 bits per heavy atom. The van der Waals surface area contributed by atoms with Gasteiger partial charge in [0.15, 0.2) is 0 Å². The average molecular weight is 389 g/mol. The summed E-state index contributed by atoms with van der Waals surface area (Å²) < 4.78 is 5.28. The van der Waals surface area contributed by atoms with E-state index in [-0.39, 0.29) is 18.5 Å². The van der Waals surface area contributed by atoms with Crippen LogP contribution in [0.2, 0.25) is 5.02 Å². The maximum atomic E-state index is 12.6. The van der Waals surface area contributed by atoms with Gasteiger partial charge in [-0.25, -0.2) is 4.79 Å². The van der Waals surface area contributed by atoms with Gasteiger partial charge in [-0.15, -0.1) is 0 Å². The van der Waals surface area contributed by atoms with Crippen LogP contribution < -0.4 is 5.32 Å². The van der Waals surface area contributed by atoms with Crippen molar-refractivity contribution in [1.82, 2.24) is 10.2 Å². The molecule has 2 rings (SSSR count). The molecule has 1 N–H and O–H groups in total. The molecular formula is C21H25ClN2O3. The van der Waals surface area contributed by atoms with E-state index in [9.17, 15) is 9.59 Å². The summed E-state index contributed by atoms with van der Waals surface area (Å²) in [6.07, 6.45) is -0.541. The highest BCUT2D eigenvalue weighted by molar-refractivity contribution is 6.30. The summed E-state index contributed by atoms with van der Waals surface area (Å²) in [6, 6.07) is 16.6. The minimum atomic E-state index is -0.613. The van der Waals surface area contributed by atoms with E-state index in [2.05, 4.69) is 5.32 Å². The molecule has 2 amide bonds. The van der Waals surface area contributed by atoms with Crippen LogP contribution in [0.15, 0.2) is 54.6 Å². The van der Waals surface area contributed by atoms with Crippen molar-refractivity contribution >= 4 is 23.6 Å². The van der Waals surface area contributed by atoms with E-state index >= 15 is 0 Å². The van der Waals surface area contributed by atoms with Crippen molar-refractivity contribution in [3.8, 4) is 0 Å². The second-order valence-corrected chi connectivity index (χ2v) is 7.74. The molecule has 0 saturated heterocycles. The van der Waals surface area contributed by atoms with Gasteiger partial charge in [-0.2, -0.15) is 0 Å². The van der Waals surface area contributed by atoms with Crippen molar-refractivity contribution in [3.05, 3.63) is 70.7 Å². The minimum absolute atomic E-state index is 0.105. The topological polar surface area (TPSA) is 58.6 Å². The molecule has 2 aromatic carbocycles. The molecule has 2 aromatic rings. The van der Waals surface area contributed by atoms with Crippen LogP contribution in [-0.2, 0) is 9.53 Å². The maximum Gasteiger partial charge on any atom is 0.410 e. The molecule has 0 aliphatic heterocycles. The van der Waals surface area contributed by atoms with Gasteiger partial charge < -0.3 is 15.0 Å². The van der Waals surface area contributed by atoms with E-state index in [1.54, 1.807) is 32.9 Å². The van der Waals surface area contributed by atoms with Gasteiger partial charge in [-0.3, -0.25) is 4.79 Å². The molecule has 0 fully saturated rings. The monoisotopic (exact) mass is 388 g/mol. The summed E-state index contributed by atoms with van der Waals surface area (Å²) in [5, 5.41) is 3.61. The quantitative estimate of drug-likeness (QED) is 0.825. The molecule has 0 aliphatic carbocycles. The Morgan fingerprint density at radius 3 is 2.15 bits per heavy atom. The van der Waals surface area contributed by atoms with E-state index in [1.165, 1.54) is 11.9 Å². The molecule has 0 aliphatic rings. The standard InChI is InChI=1S/C21H25ClN2O3/c1-21(2,3)27-20(26)24(4)14-18(25)23-19(15-8-6-5-7-9-15)16-10-12-17(22)13-11-16/h5-13,19H,14H2,1-4H3,(H,23,25). The Kier molecular flexibility index (Phi) is 6.86. The number of carbonyl (C=O) groups is 2. The van der Waals surface area contributed by atoms with Gasteiger partial charge in [0.2, 0.25) is 5.91 Å². The van der Waals surface area contributed by atoms with Gasteiger partial charge in [0.25, 0.3) is 0 Å². The SMILES string of the molecule is CN(CC(=O)NC(c1ccccc1)c1ccc(Cl)cc1)C(=O)OC(C)(C)C. The number of likely N-dealkylation sites (N-methyl/N-ethyl adjacent to an activating group) is 1. The van der Waals surface area contributed by atoms with Crippen LogP contribution in [0.5, 0.6) is 0 Å². The lowest BCUT2D eigenvalue weighted by Crippen LogP contribution is -2.42. The fourth-order valence-corrected chi connectivity index (χ4v) is 2.61. The normalized spacial score (nSPS) is 12.2. The van der Waals surface area contributed by atoms with Crippen LogP contribution in [-0.4, -0.2) is 36.1 Å². The van der Waals surface area contributed by atoms with Crippen molar-refractivity contribution < 1.29 is 14.3 Å². The smallest absolute Gasteiger partial charge is 0.410 e. The lowest BCUT2D eigenvalue weighted by Gasteiger charge is -2.25. The molecule has 1 atom stereocenters. The van der Waals surface area contributed by atoms with Crippen LogP contribution in [0.4, 0.5) is 4.79 Å². The predicted octanol–water partition coefficient (Wildman–Crippen LogP) is 4.41. The molecule has 0 bridgehead atoms. The number of benzene rings is 2. The molecule has 5 nitrogen and oxygen atoms in total. The molecular weight excluding hydrogens is 364 g/mol. The maximum absolute atomic E-state index is 12.6. The molecule has 0 aromatic heterocycles. The fourth-order valence-electron chi connectivity index (χ4n) is 2.49. The number of carbonyl (C=O) groups excluding carboxylic acids is 2. The van der Waals surface area contributed by atoms with Crippen LogP contribution in [0.25, 0.3) is 0 Å². The summed E-state index contributed by atoms with van der Waals surface area (Å²) in [4.78, 5) is 25.9. The molecule has 0 heterocycles. The number of nitrogens with zero attached hydrogens (tertiary/aromatic N) is 1. The molecule has 6 heteroatoms.